The fourth-order valence-corrected chi connectivity index (χ4v) is 5.08. The minimum atomic E-state index is -3.86. The number of hydrogen-bond acceptors (Lipinski definition) is 3. The maximum Gasteiger partial charge on any atom is 0.247 e. The van der Waals surface area contributed by atoms with E-state index in [0.717, 1.165) is 0 Å². The van der Waals surface area contributed by atoms with Crippen LogP contribution >= 0.6 is 11.6 Å². The van der Waals surface area contributed by atoms with E-state index in [-0.39, 0.29) is 4.90 Å². The van der Waals surface area contributed by atoms with Crippen LogP contribution in [-0.2, 0) is 14.6 Å². The van der Waals surface area contributed by atoms with Crippen LogP contribution in [0.3, 0.4) is 0 Å². The number of sulfone groups is 1. The Bertz CT molecular complexity index is 820. The fraction of sp³-hybridized carbons (Fsp3) is 0.188. The molecule has 1 aliphatic rings. The molecule has 3 rings (SSSR count). The van der Waals surface area contributed by atoms with Gasteiger partial charge in [0.1, 0.15) is 0 Å². The largest absolute Gasteiger partial charge is 0.314 e. The van der Waals surface area contributed by atoms with Crippen LogP contribution in [0, 0.1) is 0 Å². The van der Waals surface area contributed by atoms with Crippen molar-refractivity contribution in [1.82, 2.24) is 0 Å². The van der Waals surface area contributed by atoms with E-state index >= 15 is 0 Å². The van der Waals surface area contributed by atoms with Crippen LogP contribution in [0.5, 0.6) is 0 Å². The van der Waals surface area contributed by atoms with E-state index in [4.69, 9.17) is 11.6 Å². The smallest absolute Gasteiger partial charge is 0.247 e. The number of anilines is 1. The Balaban J connectivity index is 2.15. The lowest BCUT2D eigenvalue weighted by Crippen LogP contribution is -2.47. The average Bonchev–Trinajstić information content (AvgIpc) is 2.53. The number of amides is 1. The summed E-state index contributed by atoms with van der Waals surface area (Å²) >= 11 is 6.38. The van der Waals surface area contributed by atoms with Crippen LogP contribution in [0.2, 0.25) is 0 Å². The van der Waals surface area contributed by atoms with Gasteiger partial charge in [-0.1, -0.05) is 36.4 Å². The first kappa shape index (κ1) is 15.1. The van der Waals surface area contributed by atoms with Crippen molar-refractivity contribution < 1.29 is 13.2 Å². The second kappa shape index (κ2) is 5.41. The quantitative estimate of drug-likeness (QED) is 0.793. The maximum atomic E-state index is 12.8. The molecule has 0 fully saturated rings. The topological polar surface area (TPSA) is 54.5 Å². The Hall–Kier alpha value is -1.85. The van der Waals surface area contributed by atoms with Gasteiger partial charge in [0, 0.05) is 12.7 Å². The lowest BCUT2D eigenvalue weighted by atomic mass is 10.0. The first-order chi connectivity index (χ1) is 10.4. The molecule has 2 atom stereocenters. The van der Waals surface area contributed by atoms with Gasteiger partial charge in [0.25, 0.3) is 0 Å². The molecular weight excluding hydrogens is 322 g/mol. The molecular formula is C16H14ClNO3S. The number of fused-ring (bicyclic) bond motifs is 1. The highest BCUT2D eigenvalue weighted by Crippen LogP contribution is 2.42. The van der Waals surface area contributed by atoms with Crippen molar-refractivity contribution in [1.29, 1.82) is 0 Å². The summed E-state index contributed by atoms with van der Waals surface area (Å²) in [6.07, 6.45) is 0. The molecule has 1 heterocycles. The Kier molecular flexibility index (Phi) is 3.70. The van der Waals surface area contributed by atoms with Gasteiger partial charge >= 0.3 is 0 Å². The number of carbonyl (C=O) groups excluding carboxylic acids is 1. The molecule has 0 spiro atoms. The Morgan fingerprint density at radius 2 is 1.59 bits per heavy atom. The molecule has 2 aromatic carbocycles. The predicted molar refractivity (Wildman–Crippen MR) is 85.9 cm³/mol. The van der Waals surface area contributed by atoms with Gasteiger partial charge < -0.3 is 4.90 Å². The van der Waals surface area contributed by atoms with Crippen molar-refractivity contribution in [3.05, 3.63) is 60.2 Å². The first-order valence-corrected chi connectivity index (χ1v) is 8.72. The van der Waals surface area contributed by atoms with Crippen molar-refractivity contribution in [3.63, 3.8) is 0 Å². The molecule has 2 unspecified atom stereocenters. The highest BCUT2D eigenvalue weighted by atomic mass is 35.5. The van der Waals surface area contributed by atoms with Crippen LogP contribution in [0.25, 0.3) is 0 Å². The zero-order valence-electron chi connectivity index (χ0n) is 11.8. The molecule has 114 valence electrons. The number of hydrogen-bond donors (Lipinski definition) is 0. The summed E-state index contributed by atoms with van der Waals surface area (Å²) in [6, 6.07) is 15.0. The molecule has 22 heavy (non-hydrogen) atoms. The van der Waals surface area contributed by atoms with Crippen LogP contribution in [0.4, 0.5) is 5.69 Å². The molecule has 0 N–H and O–H groups in total. The third-order valence-corrected chi connectivity index (χ3v) is 6.55. The Morgan fingerprint density at radius 1 is 1.00 bits per heavy atom. The Morgan fingerprint density at radius 3 is 2.27 bits per heavy atom. The summed E-state index contributed by atoms with van der Waals surface area (Å²) in [6.45, 7) is 0. The maximum absolute atomic E-state index is 12.8. The summed E-state index contributed by atoms with van der Waals surface area (Å²) in [4.78, 5) is 14.0. The SMILES string of the molecule is CN1C(=O)C(S(=O)(=O)c2ccccc2)C(Cl)c2ccccc21. The van der Waals surface area contributed by atoms with Gasteiger partial charge in [-0.2, -0.15) is 0 Å². The van der Waals surface area contributed by atoms with Gasteiger partial charge in [0.05, 0.1) is 10.3 Å². The monoisotopic (exact) mass is 335 g/mol. The van der Waals surface area contributed by atoms with Gasteiger partial charge in [-0.3, -0.25) is 4.79 Å². The summed E-state index contributed by atoms with van der Waals surface area (Å²) in [5.41, 5.74) is 1.29. The number of rotatable bonds is 2. The Labute approximate surface area is 134 Å². The van der Waals surface area contributed by atoms with E-state index in [1.165, 1.54) is 17.0 Å². The van der Waals surface area contributed by atoms with E-state index < -0.39 is 26.4 Å². The summed E-state index contributed by atoms with van der Waals surface area (Å²) in [7, 11) is -2.29. The number of alkyl halides is 1. The first-order valence-electron chi connectivity index (χ1n) is 6.74. The molecule has 0 aliphatic carbocycles. The second-order valence-corrected chi connectivity index (χ2v) is 7.68. The molecule has 0 aromatic heterocycles. The molecule has 1 amide bonds. The van der Waals surface area contributed by atoms with Crippen LogP contribution < -0.4 is 4.90 Å². The van der Waals surface area contributed by atoms with E-state index in [1.54, 1.807) is 49.5 Å². The number of benzene rings is 2. The van der Waals surface area contributed by atoms with Gasteiger partial charge in [0.15, 0.2) is 15.1 Å². The van der Waals surface area contributed by atoms with E-state index in [0.29, 0.717) is 11.3 Å². The lowest BCUT2D eigenvalue weighted by molar-refractivity contribution is -0.118. The fourth-order valence-electron chi connectivity index (χ4n) is 2.67. The molecule has 0 bridgehead atoms. The molecule has 0 radical (unpaired) electrons. The van der Waals surface area contributed by atoms with Gasteiger partial charge in [-0.05, 0) is 23.8 Å². The molecule has 0 saturated heterocycles. The van der Waals surface area contributed by atoms with Crippen molar-refractivity contribution in [2.75, 3.05) is 11.9 Å². The highest BCUT2D eigenvalue weighted by Gasteiger charge is 2.46. The van der Waals surface area contributed by atoms with E-state index in [9.17, 15) is 13.2 Å². The molecule has 4 nitrogen and oxygen atoms in total. The summed E-state index contributed by atoms with van der Waals surface area (Å²) in [5, 5.41) is -2.23. The number of carbonyl (C=O) groups is 1. The normalized spacial score (nSPS) is 21.5. The van der Waals surface area contributed by atoms with Crippen molar-refractivity contribution in [2.45, 2.75) is 15.5 Å². The predicted octanol–water partition coefficient (Wildman–Crippen LogP) is 2.79. The molecule has 0 saturated carbocycles. The summed E-state index contributed by atoms with van der Waals surface area (Å²) < 4.78 is 25.7. The number of halogens is 1. The van der Waals surface area contributed by atoms with Crippen molar-refractivity contribution >= 4 is 33.0 Å². The lowest BCUT2D eigenvalue weighted by Gasteiger charge is -2.34. The minimum Gasteiger partial charge on any atom is -0.314 e. The minimum absolute atomic E-state index is 0.104. The van der Waals surface area contributed by atoms with Crippen molar-refractivity contribution in [3.8, 4) is 0 Å². The third kappa shape index (κ3) is 2.21. The highest BCUT2D eigenvalue weighted by molar-refractivity contribution is 7.93. The molecule has 1 aliphatic heterocycles. The van der Waals surface area contributed by atoms with Crippen molar-refractivity contribution in [2.24, 2.45) is 0 Å². The second-order valence-electron chi connectivity index (χ2n) is 5.14. The molecule has 6 heteroatoms. The zero-order valence-corrected chi connectivity index (χ0v) is 13.4. The zero-order chi connectivity index (χ0) is 15.9. The van der Waals surface area contributed by atoms with Gasteiger partial charge in [-0.25, -0.2) is 8.42 Å². The molecule has 2 aromatic rings. The van der Waals surface area contributed by atoms with Crippen LogP contribution in [-0.4, -0.2) is 26.6 Å². The van der Waals surface area contributed by atoms with Gasteiger partial charge in [-0.15, -0.1) is 11.6 Å². The number of para-hydroxylation sites is 1. The van der Waals surface area contributed by atoms with E-state index in [2.05, 4.69) is 0 Å². The average molecular weight is 336 g/mol. The third-order valence-electron chi connectivity index (χ3n) is 3.84. The standard InChI is InChI=1S/C16H14ClNO3S/c1-18-13-10-6-5-9-12(13)14(17)15(16(18)19)22(20,21)11-7-3-2-4-8-11/h2-10,14-15H,1H3. The number of nitrogens with zero attached hydrogens (tertiary/aromatic N) is 1. The van der Waals surface area contributed by atoms with Crippen LogP contribution in [0.15, 0.2) is 59.5 Å². The van der Waals surface area contributed by atoms with E-state index in [1.807, 2.05) is 0 Å². The summed E-state index contributed by atoms with van der Waals surface area (Å²) in [5.74, 6) is -0.512. The van der Waals surface area contributed by atoms with Gasteiger partial charge in [0.2, 0.25) is 5.91 Å². The van der Waals surface area contributed by atoms with Crippen LogP contribution in [0.1, 0.15) is 10.9 Å².